The fraction of sp³-hybridized carbons (Fsp3) is 0. The Balaban J connectivity index is 3.36. The highest BCUT2D eigenvalue weighted by Crippen LogP contribution is 1.65. The second kappa shape index (κ2) is 3.72. The number of hydrogen-bond donors (Lipinski definition) is 0. The van der Waals surface area contributed by atoms with Crippen LogP contribution in [-0.4, -0.2) is 0 Å². The van der Waals surface area contributed by atoms with Crippen LogP contribution in [0.3, 0.4) is 0 Å². The van der Waals surface area contributed by atoms with Gasteiger partial charge in [-0.05, 0) is 0 Å². The van der Waals surface area contributed by atoms with Crippen LogP contribution in [0.1, 0.15) is 0 Å². The maximum Gasteiger partial charge on any atom is 0.164 e. The Hall–Kier alpha value is -1.28. The van der Waals surface area contributed by atoms with Gasteiger partial charge in [-0.15, -0.1) is 0 Å². The van der Waals surface area contributed by atoms with Gasteiger partial charge >= 0.3 is 0 Å². The number of nitriles is 1. The van der Waals surface area contributed by atoms with Crippen LogP contribution in [0, 0.1) is 17.9 Å². The van der Waals surface area contributed by atoms with Gasteiger partial charge in [-0.25, -0.2) is 4.85 Å². The molecular formula is C4H2N2. The van der Waals surface area contributed by atoms with E-state index in [9.17, 15) is 0 Å². The summed E-state index contributed by atoms with van der Waals surface area (Å²) in [5.41, 5.74) is 0. The summed E-state index contributed by atoms with van der Waals surface area (Å²) in [5, 5.41) is 7.72. The molecule has 0 aliphatic heterocycles. The molecule has 0 fully saturated rings. The molecule has 2 heteroatoms. The van der Waals surface area contributed by atoms with Crippen molar-refractivity contribution in [3.8, 4) is 6.07 Å². The van der Waals surface area contributed by atoms with Crippen LogP contribution in [0.2, 0.25) is 0 Å². The molecule has 0 N–H and O–H groups in total. The van der Waals surface area contributed by atoms with Crippen LogP contribution >= 0.6 is 0 Å². The van der Waals surface area contributed by atoms with Gasteiger partial charge in [0.25, 0.3) is 0 Å². The minimum atomic E-state index is 1.11. The minimum absolute atomic E-state index is 1.11. The van der Waals surface area contributed by atoms with Crippen LogP contribution < -0.4 is 0 Å². The molecule has 0 heterocycles. The SMILES string of the molecule is [C-]#[N+]/C=C\C#N. The molecular weight excluding hydrogens is 76.1 g/mol. The smallest absolute Gasteiger partial charge is 0.164 e. The lowest BCUT2D eigenvalue weighted by atomic mass is 10.7. The minimum Gasteiger partial charge on any atom is -0.245 e. The standard InChI is InChI=1S/C4H2N2/c1-6-4-2-3-5/h2,4H/b4-2-. The lowest BCUT2D eigenvalue weighted by Crippen LogP contribution is -1.36. The van der Waals surface area contributed by atoms with Gasteiger partial charge in [-0.3, -0.25) is 0 Å². The molecule has 0 bridgehead atoms. The second-order valence-corrected chi connectivity index (χ2v) is 0.574. The van der Waals surface area contributed by atoms with Crippen LogP contribution in [0.15, 0.2) is 12.3 Å². The van der Waals surface area contributed by atoms with Crippen molar-refractivity contribution in [2.75, 3.05) is 0 Å². The Bertz CT molecular complexity index is 105. The highest BCUT2D eigenvalue weighted by molar-refractivity contribution is 5.04. The fourth-order valence-electron chi connectivity index (χ4n) is 0.0706. The lowest BCUT2D eigenvalue weighted by molar-refractivity contribution is 1.53. The molecule has 0 rings (SSSR count). The van der Waals surface area contributed by atoms with Crippen LogP contribution in [0.4, 0.5) is 0 Å². The monoisotopic (exact) mass is 78.0 g/mol. The molecule has 0 aliphatic carbocycles. The predicted octanol–water partition coefficient (Wildman–Crippen LogP) is 0.943. The van der Waals surface area contributed by atoms with Crippen molar-refractivity contribution in [1.82, 2.24) is 0 Å². The quantitative estimate of drug-likeness (QED) is 0.313. The average Bonchev–Trinajstić information content (AvgIpc) is 1.61. The third-order valence-corrected chi connectivity index (χ3v) is 0.224. The summed E-state index contributed by atoms with van der Waals surface area (Å²) in [6, 6.07) is 1.67. The number of allylic oxidation sites excluding steroid dienone is 1. The van der Waals surface area contributed by atoms with Crippen molar-refractivity contribution < 1.29 is 0 Å². The second-order valence-electron chi connectivity index (χ2n) is 0.574. The van der Waals surface area contributed by atoms with Gasteiger partial charge < -0.3 is 0 Å². The summed E-state index contributed by atoms with van der Waals surface area (Å²) in [6.07, 6.45) is 2.24. The number of hydrogen-bond acceptors (Lipinski definition) is 1. The van der Waals surface area contributed by atoms with E-state index >= 15 is 0 Å². The Kier molecular flexibility index (Phi) is 2.93. The summed E-state index contributed by atoms with van der Waals surface area (Å²) in [7, 11) is 0. The largest absolute Gasteiger partial charge is 0.245 e. The van der Waals surface area contributed by atoms with Crippen molar-refractivity contribution in [1.29, 1.82) is 5.26 Å². The molecule has 0 spiro atoms. The first kappa shape index (κ1) is 4.72. The topological polar surface area (TPSA) is 28.1 Å². The Morgan fingerprint density at radius 1 is 1.83 bits per heavy atom. The molecule has 0 atom stereocenters. The van der Waals surface area contributed by atoms with Crippen molar-refractivity contribution >= 4 is 0 Å². The highest BCUT2D eigenvalue weighted by Gasteiger charge is 1.52. The molecule has 0 unspecified atom stereocenters. The summed E-state index contributed by atoms with van der Waals surface area (Å²) in [6.45, 7) is 6.09. The first-order valence-electron chi connectivity index (χ1n) is 1.33. The zero-order valence-electron chi connectivity index (χ0n) is 3.05. The maximum atomic E-state index is 7.72. The van der Waals surface area contributed by atoms with Crippen molar-refractivity contribution in [2.45, 2.75) is 0 Å². The average molecular weight is 78.1 g/mol. The highest BCUT2D eigenvalue weighted by atomic mass is 14.6. The summed E-state index contributed by atoms with van der Waals surface area (Å²) >= 11 is 0. The molecule has 0 saturated heterocycles. The van der Waals surface area contributed by atoms with Gasteiger partial charge in [-0.1, -0.05) is 0 Å². The third kappa shape index (κ3) is 2.72. The zero-order valence-corrected chi connectivity index (χ0v) is 3.05. The van der Waals surface area contributed by atoms with Crippen molar-refractivity contribution in [2.24, 2.45) is 0 Å². The van der Waals surface area contributed by atoms with Gasteiger partial charge in [0.1, 0.15) is 0 Å². The number of rotatable bonds is 0. The molecule has 0 aromatic rings. The zero-order chi connectivity index (χ0) is 4.83. The van der Waals surface area contributed by atoms with Gasteiger partial charge in [0.05, 0.1) is 12.6 Å². The van der Waals surface area contributed by atoms with E-state index in [2.05, 4.69) is 4.85 Å². The van der Waals surface area contributed by atoms with E-state index in [1.54, 1.807) is 6.07 Å². The van der Waals surface area contributed by atoms with Crippen LogP contribution in [0.5, 0.6) is 0 Å². The van der Waals surface area contributed by atoms with E-state index < -0.39 is 0 Å². The van der Waals surface area contributed by atoms with E-state index in [0.29, 0.717) is 0 Å². The Labute approximate surface area is 36.1 Å². The Morgan fingerprint density at radius 3 is 2.67 bits per heavy atom. The van der Waals surface area contributed by atoms with Crippen molar-refractivity contribution in [3.05, 3.63) is 23.7 Å². The predicted molar refractivity (Wildman–Crippen MR) is 21.4 cm³/mol. The van der Waals surface area contributed by atoms with Crippen LogP contribution in [-0.2, 0) is 0 Å². The fourth-order valence-corrected chi connectivity index (χ4v) is 0.0706. The molecule has 0 radical (unpaired) electrons. The van der Waals surface area contributed by atoms with Crippen molar-refractivity contribution in [3.63, 3.8) is 0 Å². The molecule has 2 nitrogen and oxygen atoms in total. The molecule has 0 aromatic heterocycles. The Morgan fingerprint density at radius 2 is 2.50 bits per heavy atom. The van der Waals surface area contributed by atoms with E-state index in [-0.39, 0.29) is 0 Å². The van der Waals surface area contributed by atoms with Gasteiger partial charge in [-0.2, -0.15) is 5.26 Å². The van der Waals surface area contributed by atoms with E-state index in [1.807, 2.05) is 0 Å². The molecule has 0 amide bonds. The van der Waals surface area contributed by atoms with Gasteiger partial charge in [0, 0.05) is 6.08 Å². The van der Waals surface area contributed by atoms with E-state index in [1.165, 1.54) is 0 Å². The molecule has 0 aromatic carbocycles. The molecule has 28 valence electrons. The summed E-state index contributed by atoms with van der Waals surface area (Å²) < 4.78 is 0. The molecule has 0 saturated carbocycles. The molecule has 6 heavy (non-hydrogen) atoms. The maximum absolute atomic E-state index is 7.72. The van der Waals surface area contributed by atoms with E-state index in [4.69, 9.17) is 11.8 Å². The number of nitrogens with zero attached hydrogens (tertiary/aromatic N) is 2. The van der Waals surface area contributed by atoms with E-state index in [0.717, 1.165) is 12.3 Å². The van der Waals surface area contributed by atoms with Gasteiger partial charge in [0.15, 0.2) is 6.20 Å². The van der Waals surface area contributed by atoms with Gasteiger partial charge in [0.2, 0.25) is 0 Å². The summed E-state index contributed by atoms with van der Waals surface area (Å²) in [4.78, 5) is 2.77. The third-order valence-electron chi connectivity index (χ3n) is 0.224. The normalized spacial score (nSPS) is 7.00. The van der Waals surface area contributed by atoms with Crippen LogP contribution in [0.25, 0.3) is 4.85 Å². The molecule has 0 aliphatic rings. The summed E-state index contributed by atoms with van der Waals surface area (Å²) in [5.74, 6) is 0. The lowest BCUT2D eigenvalue weighted by Gasteiger charge is -1.49. The first-order chi connectivity index (χ1) is 2.91. The first-order valence-corrected chi connectivity index (χ1v) is 1.33.